The van der Waals surface area contributed by atoms with Crippen LogP contribution in [0.5, 0.6) is 0 Å². The Labute approximate surface area is 174 Å². The molecule has 2 aliphatic heterocycles. The first-order valence-corrected chi connectivity index (χ1v) is 10.3. The number of pyridine rings is 1. The number of aromatic nitrogens is 1. The second-order valence-corrected chi connectivity index (χ2v) is 8.23. The number of anilines is 1. The number of hydrogen-bond acceptors (Lipinski definition) is 4. The summed E-state index contributed by atoms with van der Waals surface area (Å²) in [6.45, 7) is 4.37. The molecule has 3 heterocycles. The van der Waals surface area contributed by atoms with E-state index in [0.717, 1.165) is 44.3 Å². The molecule has 2 aliphatic rings. The second-order valence-electron chi connectivity index (χ2n) is 7.83. The number of rotatable bonds is 4. The Bertz CT molecular complexity index is 726. The Balaban J connectivity index is 1.52. The van der Waals surface area contributed by atoms with Gasteiger partial charge < -0.3 is 20.4 Å². The summed E-state index contributed by atoms with van der Waals surface area (Å²) in [7, 11) is 3.89. The highest BCUT2D eigenvalue weighted by molar-refractivity contribution is 6.33. The first-order chi connectivity index (χ1) is 13.8. The summed E-state index contributed by atoms with van der Waals surface area (Å²) in [6.07, 6.45) is -0.359. The predicted octanol–water partition coefficient (Wildman–Crippen LogP) is 2.84. The van der Waals surface area contributed by atoms with Gasteiger partial charge in [-0.05, 0) is 44.8 Å². The molecule has 2 N–H and O–H groups in total. The number of guanidine groups is 1. The van der Waals surface area contributed by atoms with Gasteiger partial charge in [0.05, 0.1) is 10.6 Å². The summed E-state index contributed by atoms with van der Waals surface area (Å²) in [5.74, 6) is 1.73. The fourth-order valence-corrected chi connectivity index (χ4v) is 4.24. The summed E-state index contributed by atoms with van der Waals surface area (Å²) in [5, 5.41) is 6.83. The number of halogens is 4. The van der Waals surface area contributed by atoms with E-state index in [-0.39, 0.29) is 11.1 Å². The molecule has 6 nitrogen and oxygen atoms in total. The largest absolute Gasteiger partial charge is 0.417 e. The van der Waals surface area contributed by atoms with Gasteiger partial charge in [-0.2, -0.15) is 13.2 Å². The number of alkyl halides is 3. The monoisotopic (exact) mass is 432 g/mol. The number of nitrogens with one attached hydrogen (secondary N) is 2. The van der Waals surface area contributed by atoms with Crippen molar-refractivity contribution in [3.63, 3.8) is 0 Å². The number of nitrogens with zero attached hydrogens (tertiary/aromatic N) is 4. The molecule has 0 amide bonds. The quantitative estimate of drug-likeness (QED) is 0.566. The van der Waals surface area contributed by atoms with Gasteiger partial charge in [0.2, 0.25) is 0 Å². The predicted molar refractivity (Wildman–Crippen MR) is 110 cm³/mol. The SMILES string of the molecule is CN=C(NCC1CCCN(C)C1)NC1CCN(c2ncc(C(F)(F)F)cc2Cl)C1. The molecule has 0 spiro atoms. The lowest BCUT2D eigenvalue weighted by atomic mass is 9.99. The zero-order valence-electron chi connectivity index (χ0n) is 16.8. The minimum atomic E-state index is -4.45. The molecule has 2 unspecified atom stereocenters. The van der Waals surface area contributed by atoms with E-state index in [1.807, 2.05) is 4.90 Å². The van der Waals surface area contributed by atoms with E-state index in [1.54, 1.807) is 7.05 Å². The van der Waals surface area contributed by atoms with E-state index in [4.69, 9.17) is 11.6 Å². The van der Waals surface area contributed by atoms with Crippen LogP contribution in [0.2, 0.25) is 5.02 Å². The van der Waals surface area contributed by atoms with Crippen LogP contribution in [0.3, 0.4) is 0 Å². The Morgan fingerprint density at radius 1 is 1.31 bits per heavy atom. The van der Waals surface area contributed by atoms with Crippen LogP contribution in [-0.4, -0.2) is 68.7 Å². The van der Waals surface area contributed by atoms with Crippen LogP contribution >= 0.6 is 11.6 Å². The molecule has 0 radical (unpaired) electrons. The topological polar surface area (TPSA) is 55.8 Å². The van der Waals surface area contributed by atoms with Gasteiger partial charge in [0.25, 0.3) is 0 Å². The molecule has 1 aromatic rings. The molecule has 10 heteroatoms. The molecule has 0 aromatic carbocycles. The number of piperidine rings is 1. The molecule has 2 atom stereocenters. The van der Waals surface area contributed by atoms with Crippen LogP contribution in [0.15, 0.2) is 17.3 Å². The third kappa shape index (κ3) is 5.88. The van der Waals surface area contributed by atoms with Gasteiger partial charge >= 0.3 is 6.18 Å². The molecule has 1 aromatic heterocycles. The van der Waals surface area contributed by atoms with Crippen molar-refractivity contribution in [2.24, 2.45) is 10.9 Å². The van der Waals surface area contributed by atoms with Crippen molar-refractivity contribution in [2.45, 2.75) is 31.5 Å². The lowest BCUT2D eigenvalue weighted by Gasteiger charge is -2.30. The van der Waals surface area contributed by atoms with Gasteiger partial charge in [0, 0.05) is 45.5 Å². The molecule has 3 rings (SSSR count). The average molecular weight is 433 g/mol. The average Bonchev–Trinajstić information content (AvgIpc) is 3.12. The van der Waals surface area contributed by atoms with Gasteiger partial charge in [0.1, 0.15) is 5.82 Å². The van der Waals surface area contributed by atoms with Crippen molar-refractivity contribution in [1.82, 2.24) is 20.5 Å². The lowest BCUT2D eigenvalue weighted by Crippen LogP contribution is -2.47. The van der Waals surface area contributed by atoms with Crippen LogP contribution in [0.1, 0.15) is 24.8 Å². The molecule has 0 saturated carbocycles. The van der Waals surface area contributed by atoms with Crippen molar-refractivity contribution in [2.75, 3.05) is 51.7 Å². The zero-order chi connectivity index (χ0) is 21.0. The number of likely N-dealkylation sites (tertiary alicyclic amines) is 1. The molecular weight excluding hydrogens is 405 g/mol. The summed E-state index contributed by atoms with van der Waals surface area (Å²) >= 11 is 6.08. The van der Waals surface area contributed by atoms with Crippen LogP contribution in [-0.2, 0) is 6.18 Å². The number of hydrogen-bond donors (Lipinski definition) is 2. The maximum Gasteiger partial charge on any atom is 0.417 e. The smallest absolute Gasteiger partial charge is 0.356 e. The molecule has 0 aliphatic carbocycles. The summed E-state index contributed by atoms with van der Waals surface area (Å²) in [6, 6.07) is 1.06. The maximum absolute atomic E-state index is 12.8. The highest BCUT2D eigenvalue weighted by Crippen LogP contribution is 2.34. The van der Waals surface area contributed by atoms with Crippen LogP contribution in [0, 0.1) is 5.92 Å². The van der Waals surface area contributed by atoms with Crippen molar-refractivity contribution in [3.8, 4) is 0 Å². The van der Waals surface area contributed by atoms with E-state index < -0.39 is 11.7 Å². The first kappa shape index (κ1) is 22.0. The van der Waals surface area contributed by atoms with Gasteiger partial charge in [-0.15, -0.1) is 0 Å². The van der Waals surface area contributed by atoms with E-state index in [1.165, 1.54) is 12.8 Å². The lowest BCUT2D eigenvalue weighted by molar-refractivity contribution is -0.137. The Morgan fingerprint density at radius 2 is 2.10 bits per heavy atom. The fraction of sp³-hybridized carbons (Fsp3) is 0.684. The molecule has 162 valence electrons. The third-order valence-corrected chi connectivity index (χ3v) is 5.76. The highest BCUT2D eigenvalue weighted by Gasteiger charge is 2.33. The van der Waals surface area contributed by atoms with Crippen molar-refractivity contribution in [1.29, 1.82) is 0 Å². The fourth-order valence-electron chi connectivity index (χ4n) is 3.96. The second kappa shape index (κ2) is 9.38. The van der Waals surface area contributed by atoms with Crippen LogP contribution in [0.4, 0.5) is 19.0 Å². The molecular formula is C19H28ClF3N6. The van der Waals surface area contributed by atoms with Crippen LogP contribution < -0.4 is 15.5 Å². The van der Waals surface area contributed by atoms with Crippen molar-refractivity contribution in [3.05, 3.63) is 22.8 Å². The molecule has 29 heavy (non-hydrogen) atoms. The molecule has 2 fully saturated rings. The summed E-state index contributed by atoms with van der Waals surface area (Å²) in [5.41, 5.74) is -0.835. The van der Waals surface area contributed by atoms with E-state index in [2.05, 4.69) is 32.6 Å². The summed E-state index contributed by atoms with van der Waals surface area (Å²) in [4.78, 5) is 12.5. The highest BCUT2D eigenvalue weighted by atomic mass is 35.5. The van der Waals surface area contributed by atoms with Gasteiger partial charge in [0.15, 0.2) is 5.96 Å². The Hall–Kier alpha value is -1.74. The van der Waals surface area contributed by atoms with Crippen molar-refractivity contribution < 1.29 is 13.2 Å². The van der Waals surface area contributed by atoms with E-state index in [9.17, 15) is 13.2 Å². The van der Waals surface area contributed by atoms with Gasteiger partial charge in [-0.3, -0.25) is 4.99 Å². The Morgan fingerprint density at radius 3 is 2.76 bits per heavy atom. The number of aliphatic imine (C=N–C) groups is 1. The van der Waals surface area contributed by atoms with E-state index >= 15 is 0 Å². The minimum absolute atomic E-state index is 0.0180. The summed E-state index contributed by atoms with van der Waals surface area (Å²) < 4.78 is 38.4. The zero-order valence-corrected chi connectivity index (χ0v) is 17.5. The normalized spacial score (nSPS) is 24.1. The van der Waals surface area contributed by atoms with Crippen molar-refractivity contribution >= 4 is 23.4 Å². The third-order valence-electron chi connectivity index (χ3n) is 5.48. The van der Waals surface area contributed by atoms with Gasteiger partial charge in [-0.25, -0.2) is 4.98 Å². The maximum atomic E-state index is 12.8. The van der Waals surface area contributed by atoms with Crippen LogP contribution in [0.25, 0.3) is 0 Å². The first-order valence-electron chi connectivity index (χ1n) is 9.89. The van der Waals surface area contributed by atoms with Gasteiger partial charge in [-0.1, -0.05) is 11.6 Å². The Kier molecular flexibility index (Phi) is 7.10. The van der Waals surface area contributed by atoms with E-state index in [0.29, 0.717) is 24.8 Å². The standard InChI is InChI=1S/C19H28ClF3N6/c1-24-18(26-9-13-4-3-6-28(2)11-13)27-15-5-7-29(12-15)17-16(20)8-14(10-25-17)19(21,22)23/h8,10,13,15H,3-7,9,11-12H2,1-2H3,(H2,24,26,27). The minimum Gasteiger partial charge on any atom is -0.356 e. The molecule has 2 saturated heterocycles. The molecule has 0 bridgehead atoms.